The van der Waals surface area contributed by atoms with E-state index in [2.05, 4.69) is 30.4 Å². The molecule has 4 atom stereocenters. The quantitative estimate of drug-likeness (QED) is 0.321. The maximum Gasteiger partial charge on any atom is 0.311 e. The Balaban J connectivity index is 1.80. The number of fused-ring (bicyclic) bond motifs is 2. The summed E-state index contributed by atoms with van der Waals surface area (Å²) in [5.41, 5.74) is 3.34. The Kier molecular flexibility index (Phi) is 6.54. The van der Waals surface area contributed by atoms with E-state index in [1.807, 2.05) is 19.9 Å². The zero-order chi connectivity index (χ0) is 25.6. The van der Waals surface area contributed by atoms with Gasteiger partial charge in [0, 0.05) is 0 Å². The smallest absolute Gasteiger partial charge is 0.311 e. The van der Waals surface area contributed by atoms with Gasteiger partial charge in [0.05, 0.1) is 23.1 Å². The van der Waals surface area contributed by atoms with Crippen LogP contribution >= 0.6 is 0 Å². The summed E-state index contributed by atoms with van der Waals surface area (Å²) in [4.78, 5) is 15.7. The molecule has 1 saturated carbocycles. The molecule has 0 aliphatic heterocycles. The molecule has 1 aromatic carbocycles. The maximum atomic E-state index is 13.0. The fraction of sp³-hybridized carbons (Fsp3) is 0.571. The number of aryl methyl sites for hydroxylation is 1. The van der Waals surface area contributed by atoms with E-state index in [-0.39, 0.29) is 27.6 Å². The lowest BCUT2D eigenvalue weighted by molar-refractivity contribution is -0.162. The molecular weight excluding hydrogens is 460 g/mol. The van der Waals surface area contributed by atoms with Crippen molar-refractivity contribution in [1.82, 2.24) is 4.83 Å². The first-order chi connectivity index (χ1) is 16.4. The van der Waals surface area contributed by atoms with Crippen LogP contribution in [-0.2, 0) is 19.6 Å². The number of benzene rings is 1. The van der Waals surface area contributed by atoms with Crippen LogP contribution in [0.4, 0.5) is 0 Å². The highest BCUT2D eigenvalue weighted by molar-refractivity contribution is 7.89. The number of hydrogen-bond donors (Lipinski definition) is 1. The Morgan fingerprint density at radius 3 is 2.49 bits per heavy atom. The van der Waals surface area contributed by atoms with Gasteiger partial charge in [0.2, 0.25) is 0 Å². The standard InChI is InChI=1S/C28H38N2O4S/c1-7-26(3)16-13-22-21(18-26)23(29-30-35(32,33)20-11-9-19(2)10-12-20)17-24-27(22,4)14-8-15-28(24,5)25(31)34-6/h7,9-12,24,30H,1,8,13-18H2,2-6H3/b29-23-/t24?,26-,27+,28+/m0/s1. The monoisotopic (exact) mass is 498 g/mol. The minimum Gasteiger partial charge on any atom is -0.469 e. The highest BCUT2D eigenvalue weighted by Crippen LogP contribution is 2.62. The van der Waals surface area contributed by atoms with Gasteiger partial charge in [-0.2, -0.15) is 18.4 Å². The van der Waals surface area contributed by atoms with Gasteiger partial charge in [-0.1, -0.05) is 49.6 Å². The molecular formula is C28H38N2O4S. The summed E-state index contributed by atoms with van der Waals surface area (Å²) in [6.07, 6.45) is 7.92. The van der Waals surface area contributed by atoms with Crippen LogP contribution in [-0.4, -0.2) is 27.2 Å². The number of esters is 1. The second-order valence-corrected chi connectivity index (χ2v) is 13.1. The van der Waals surface area contributed by atoms with Crippen molar-refractivity contribution in [2.45, 2.75) is 77.5 Å². The second kappa shape index (κ2) is 8.91. The molecule has 0 bridgehead atoms. The molecule has 0 heterocycles. The average Bonchev–Trinajstić information content (AvgIpc) is 2.82. The zero-order valence-electron chi connectivity index (χ0n) is 21.6. The van der Waals surface area contributed by atoms with E-state index < -0.39 is 15.4 Å². The van der Waals surface area contributed by atoms with Gasteiger partial charge < -0.3 is 4.74 Å². The molecule has 190 valence electrons. The number of hydrogen-bond acceptors (Lipinski definition) is 5. The van der Waals surface area contributed by atoms with Crippen LogP contribution in [0.5, 0.6) is 0 Å². The highest BCUT2D eigenvalue weighted by Gasteiger charge is 2.58. The largest absolute Gasteiger partial charge is 0.469 e. The third-order valence-corrected chi connectivity index (χ3v) is 10.3. The van der Waals surface area contributed by atoms with Gasteiger partial charge in [-0.3, -0.25) is 4.79 Å². The number of methoxy groups -OCH3 is 1. The lowest BCUT2D eigenvalue weighted by Crippen LogP contribution is -2.53. The molecule has 1 aromatic rings. The Bertz CT molecular complexity index is 1200. The molecule has 1 N–H and O–H groups in total. The molecule has 3 aliphatic rings. The Morgan fingerprint density at radius 1 is 1.17 bits per heavy atom. The van der Waals surface area contributed by atoms with Gasteiger partial charge in [0.25, 0.3) is 10.0 Å². The third-order valence-electron chi connectivity index (χ3n) is 9.03. The second-order valence-electron chi connectivity index (χ2n) is 11.4. The first-order valence-corrected chi connectivity index (χ1v) is 14.0. The van der Waals surface area contributed by atoms with Crippen LogP contribution in [0.2, 0.25) is 0 Å². The molecule has 6 nitrogen and oxygen atoms in total. The maximum absolute atomic E-state index is 13.0. The molecule has 4 rings (SSSR count). The molecule has 0 amide bonds. The Hall–Kier alpha value is -2.41. The number of ether oxygens (including phenoxy) is 1. The van der Waals surface area contributed by atoms with E-state index >= 15 is 0 Å². The van der Waals surface area contributed by atoms with Crippen LogP contribution in [0.1, 0.15) is 71.3 Å². The van der Waals surface area contributed by atoms with Gasteiger partial charge in [-0.05, 0) is 86.8 Å². The van der Waals surface area contributed by atoms with Crippen molar-refractivity contribution in [3.05, 3.63) is 53.6 Å². The number of hydrazone groups is 1. The molecule has 0 radical (unpaired) electrons. The number of nitrogens with zero attached hydrogens (tertiary/aromatic N) is 1. The summed E-state index contributed by atoms with van der Waals surface area (Å²) in [5, 5.41) is 4.55. The number of sulfonamides is 1. The molecule has 1 fully saturated rings. The topological polar surface area (TPSA) is 84.8 Å². The summed E-state index contributed by atoms with van der Waals surface area (Å²) in [5.74, 6) is -0.200. The summed E-state index contributed by atoms with van der Waals surface area (Å²) in [6.45, 7) is 12.5. The van der Waals surface area contributed by atoms with Gasteiger partial charge >= 0.3 is 5.97 Å². The van der Waals surface area contributed by atoms with Crippen molar-refractivity contribution < 1.29 is 17.9 Å². The molecule has 0 saturated heterocycles. The predicted molar refractivity (Wildman–Crippen MR) is 138 cm³/mol. The lowest BCUT2D eigenvalue weighted by Gasteiger charge is -2.56. The molecule has 3 aliphatic carbocycles. The van der Waals surface area contributed by atoms with E-state index in [4.69, 9.17) is 4.74 Å². The summed E-state index contributed by atoms with van der Waals surface area (Å²) in [7, 11) is -2.36. The summed E-state index contributed by atoms with van der Waals surface area (Å²) >= 11 is 0. The Labute approximate surface area is 210 Å². The first kappa shape index (κ1) is 25.7. The first-order valence-electron chi connectivity index (χ1n) is 12.5. The molecule has 7 heteroatoms. The van der Waals surface area contributed by atoms with Gasteiger partial charge in [0.1, 0.15) is 0 Å². The van der Waals surface area contributed by atoms with Crippen LogP contribution < -0.4 is 4.83 Å². The number of allylic oxidation sites excluding steroid dienone is 3. The van der Waals surface area contributed by atoms with Gasteiger partial charge in [-0.25, -0.2) is 0 Å². The summed E-state index contributed by atoms with van der Waals surface area (Å²) < 4.78 is 31.3. The van der Waals surface area contributed by atoms with E-state index in [0.717, 1.165) is 55.4 Å². The molecule has 0 aromatic heterocycles. The summed E-state index contributed by atoms with van der Waals surface area (Å²) in [6, 6.07) is 6.72. The molecule has 35 heavy (non-hydrogen) atoms. The lowest BCUT2D eigenvalue weighted by atomic mass is 9.47. The van der Waals surface area contributed by atoms with Crippen LogP contribution in [0.3, 0.4) is 0 Å². The number of nitrogens with one attached hydrogen (secondary N) is 1. The van der Waals surface area contributed by atoms with E-state index in [0.29, 0.717) is 6.42 Å². The van der Waals surface area contributed by atoms with E-state index in [1.165, 1.54) is 12.7 Å². The SMILES string of the molecule is C=C[C@@]1(C)CCC2=C(C1)/C(=N\NS(=O)(=O)c1ccc(C)cc1)CC1[C@](C)(C(=O)OC)CCC[C@]21C. The van der Waals surface area contributed by atoms with Crippen molar-refractivity contribution >= 4 is 21.7 Å². The van der Waals surface area contributed by atoms with Crippen molar-refractivity contribution in [2.75, 3.05) is 7.11 Å². The van der Waals surface area contributed by atoms with Crippen LogP contribution in [0, 0.1) is 29.1 Å². The van der Waals surface area contributed by atoms with Gasteiger partial charge in [0.15, 0.2) is 0 Å². The van der Waals surface area contributed by atoms with Crippen molar-refractivity contribution in [2.24, 2.45) is 27.3 Å². The average molecular weight is 499 g/mol. The zero-order valence-corrected chi connectivity index (χ0v) is 22.4. The number of carbonyl (C=O) groups is 1. The normalized spacial score (nSPS) is 34.1. The van der Waals surface area contributed by atoms with E-state index in [1.54, 1.807) is 24.3 Å². The number of carbonyl (C=O) groups excluding carboxylic acids is 1. The third kappa shape index (κ3) is 4.37. The Morgan fingerprint density at radius 2 is 1.86 bits per heavy atom. The fourth-order valence-corrected chi connectivity index (χ4v) is 7.55. The fourth-order valence-electron chi connectivity index (χ4n) is 6.72. The minimum atomic E-state index is -3.81. The molecule has 0 spiro atoms. The predicted octanol–water partition coefficient (Wildman–Crippen LogP) is 5.69. The van der Waals surface area contributed by atoms with Crippen molar-refractivity contribution in [1.29, 1.82) is 0 Å². The van der Waals surface area contributed by atoms with Crippen molar-refractivity contribution in [3.8, 4) is 0 Å². The van der Waals surface area contributed by atoms with E-state index in [9.17, 15) is 13.2 Å². The van der Waals surface area contributed by atoms with Crippen LogP contribution in [0.25, 0.3) is 0 Å². The number of rotatable bonds is 5. The minimum absolute atomic E-state index is 0.00864. The molecule has 1 unspecified atom stereocenters. The highest BCUT2D eigenvalue weighted by atomic mass is 32.2. The van der Waals surface area contributed by atoms with Crippen molar-refractivity contribution in [3.63, 3.8) is 0 Å². The van der Waals surface area contributed by atoms with Crippen LogP contribution in [0.15, 0.2) is 58.1 Å². The van der Waals surface area contributed by atoms with Gasteiger partial charge in [-0.15, -0.1) is 6.58 Å².